The molecule has 1 aromatic heterocycles. The molecule has 4 nitrogen and oxygen atoms in total. The van der Waals surface area contributed by atoms with E-state index in [9.17, 15) is 9.18 Å². The van der Waals surface area contributed by atoms with Crippen molar-refractivity contribution in [2.75, 3.05) is 19.6 Å². The molecule has 1 atom stereocenters. The van der Waals surface area contributed by atoms with E-state index in [4.69, 9.17) is 0 Å². The van der Waals surface area contributed by atoms with Crippen LogP contribution in [0.3, 0.4) is 0 Å². The van der Waals surface area contributed by atoms with Gasteiger partial charge in [0, 0.05) is 12.1 Å². The van der Waals surface area contributed by atoms with Crippen LogP contribution in [0.2, 0.25) is 0 Å². The molecule has 0 spiro atoms. The van der Waals surface area contributed by atoms with Gasteiger partial charge in [0.25, 0.3) is 5.91 Å². The third kappa shape index (κ3) is 5.14. The number of hydrogen-bond acceptors (Lipinski definition) is 4. The van der Waals surface area contributed by atoms with Crippen LogP contribution in [0.25, 0.3) is 10.6 Å². The summed E-state index contributed by atoms with van der Waals surface area (Å²) in [7, 11) is 0. The Kier molecular flexibility index (Phi) is 8.62. The molecular formula is C16H20Cl2FN3OS. The van der Waals surface area contributed by atoms with Gasteiger partial charge in [-0.25, -0.2) is 9.37 Å². The van der Waals surface area contributed by atoms with Crippen LogP contribution in [0.15, 0.2) is 30.5 Å². The second kappa shape index (κ2) is 9.93. The summed E-state index contributed by atoms with van der Waals surface area (Å²) in [6.45, 7) is 2.67. The predicted molar refractivity (Wildman–Crippen MR) is 99.9 cm³/mol. The van der Waals surface area contributed by atoms with Crippen LogP contribution in [-0.2, 0) is 0 Å². The molecule has 1 saturated heterocycles. The number of benzene rings is 1. The Hall–Kier alpha value is -1.21. The summed E-state index contributed by atoms with van der Waals surface area (Å²) in [6, 6.07) is 6.46. The van der Waals surface area contributed by atoms with Gasteiger partial charge in [-0.3, -0.25) is 4.79 Å². The zero-order valence-corrected chi connectivity index (χ0v) is 15.4. The number of aromatic nitrogens is 1. The number of thiazole rings is 1. The molecule has 0 radical (unpaired) electrons. The number of halogens is 3. The molecule has 0 bridgehead atoms. The Morgan fingerprint density at radius 2 is 2.17 bits per heavy atom. The first-order chi connectivity index (χ1) is 10.7. The topological polar surface area (TPSA) is 54.0 Å². The molecule has 0 saturated carbocycles. The predicted octanol–water partition coefficient (Wildman–Crippen LogP) is 3.52. The zero-order chi connectivity index (χ0) is 15.4. The van der Waals surface area contributed by atoms with Gasteiger partial charge in [0.15, 0.2) is 0 Å². The molecule has 1 unspecified atom stereocenters. The number of carbonyl (C=O) groups excluding carboxylic acids is 1. The maximum absolute atomic E-state index is 13.7. The van der Waals surface area contributed by atoms with E-state index >= 15 is 0 Å². The molecule has 2 heterocycles. The molecule has 2 N–H and O–H groups in total. The van der Waals surface area contributed by atoms with Gasteiger partial charge in [-0.1, -0.05) is 12.1 Å². The van der Waals surface area contributed by atoms with Crippen LogP contribution in [0, 0.1) is 11.7 Å². The summed E-state index contributed by atoms with van der Waals surface area (Å²) in [4.78, 5) is 16.8. The molecule has 1 aliphatic heterocycles. The Morgan fingerprint density at radius 1 is 1.38 bits per heavy atom. The minimum Gasteiger partial charge on any atom is -0.351 e. The van der Waals surface area contributed by atoms with E-state index in [0.717, 1.165) is 25.9 Å². The number of amides is 1. The smallest absolute Gasteiger partial charge is 0.263 e. The fraction of sp³-hybridized carbons (Fsp3) is 0.375. The highest BCUT2D eigenvalue weighted by Crippen LogP contribution is 2.27. The number of rotatable bonds is 4. The van der Waals surface area contributed by atoms with E-state index in [1.54, 1.807) is 18.2 Å². The van der Waals surface area contributed by atoms with Crippen molar-refractivity contribution in [1.82, 2.24) is 15.6 Å². The summed E-state index contributed by atoms with van der Waals surface area (Å²) >= 11 is 1.22. The average molecular weight is 392 g/mol. The van der Waals surface area contributed by atoms with Gasteiger partial charge < -0.3 is 10.6 Å². The van der Waals surface area contributed by atoms with Gasteiger partial charge >= 0.3 is 0 Å². The average Bonchev–Trinajstić information content (AvgIpc) is 3.04. The fourth-order valence-electron chi connectivity index (χ4n) is 2.56. The van der Waals surface area contributed by atoms with Gasteiger partial charge in [-0.15, -0.1) is 36.2 Å². The molecule has 1 aliphatic rings. The van der Waals surface area contributed by atoms with Crippen molar-refractivity contribution >= 4 is 42.1 Å². The van der Waals surface area contributed by atoms with Gasteiger partial charge in [0.05, 0.1) is 6.20 Å². The summed E-state index contributed by atoms with van der Waals surface area (Å²) in [5.41, 5.74) is 0.433. The fourth-order valence-corrected chi connectivity index (χ4v) is 3.42. The van der Waals surface area contributed by atoms with Crippen molar-refractivity contribution in [3.05, 3.63) is 41.2 Å². The molecule has 0 aliphatic carbocycles. The van der Waals surface area contributed by atoms with Crippen LogP contribution < -0.4 is 10.6 Å². The maximum Gasteiger partial charge on any atom is 0.263 e. The molecule has 8 heteroatoms. The molecule has 1 amide bonds. The minimum absolute atomic E-state index is 0. The molecule has 3 rings (SSSR count). The summed E-state index contributed by atoms with van der Waals surface area (Å²) < 4.78 is 13.7. The zero-order valence-electron chi connectivity index (χ0n) is 13.0. The lowest BCUT2D eigenvalue weighted by molar-refractivity contribution is 0.0948. The van der Waals surface area contributed by atoms with E-state index in [1.165, 1.54) is 23.6 Å². The number of hydrogen-bond donors (Lipinski definition) is 2. The van der Waals surface area contributed by atoms with Crippen LogP contribution in [0.5, 0.6) is 0 Å². The molecule has 132 valence electrons. The summed E-state index contributed by atoms with van der Waals surface area (Å²) in [6.07, 6.45) is 3.80. The van der Waals surface area contributed by atoms with Gasteiger partial charge in [0.2, 0.25) is 0 Å². The Labute approximate surface area is 157 Å². The normalized spacial score (nSPS) is 16.6. The number of piperidine rings is 1. The molecule has 24 heavy (non-hydrogen) atoms. The van der Waals surface area contributed by atoms with E-state index in [-0.39, 0.29) is 36.5 Å². The third-order valence-electron chi connectivity index (χ3n) is 3.78. The highest BCUT2D eigenvalue weighted by Gasteiger charge is 2.17. The van der Waals surface area contributed by atoms with E-state index in [1.807, 2.05) is 0 Å². The second-order valence-electron chi connectivity index (χ2n) is 5.43. The monoisotopic (exact) mass is 391 g/mol. The van der Waals surface area contributed by atoms with Crippen LogP contribution in [0.4, 0.5) is 4.39 Å². The first kappa shape index (κ1) is 20.8. The SMILES string of the molecule is Cl.Cl.O=C(NCC1CCCNC1)c1cnc(-c2ccccc2F)s1. The lowest BCUT2D eigenvalue weighted by atomic mass is 10.00. The van der Waals surface area contributed by atoms with Gasteiger partial charge in [-0.2, -0.15) is 0 Å². The quantitative estimate of drug-likeness (QED) is 0.837. The van der Waals surface area contributed by atoms with E-state index in [0.29, 0.717) is 27.9 Å². The highest BCUT2D eigenvalue weighted by atomic mass is 35.5. The first-order valence-electron chi connectivity index (χ1n) is 7.43. The van der Waals surface area contributed by atoms with Crippen LogP contribution in [0.1, 0.15) is 22.5 Å². The van der Waals surface area contributed by atoms with Crippen LogP contribution >= 0.6 is 36.2 Å². The van der Waals surface area contributed by atoms with Gasteiger partial charge in [0.1, 0.15) is 15.7 Å². The molecule has 1 fully saturated rings. The molecule has 2 aromatic rings. The lowest BCUT2D eigenvalue weighted by Crippen LogP contribution is -2.37. The molecule has 1 aromatic carbocycles. The first-order valence-corrected chi connectivity index (χ1v) is 8.25. The van der Waals surface area contributed by atoms with E-state index in [2.05, 4.69) is 15.6 Å². The number of nitrogens with one attached hydrogen (secondary N) is 2. The minimum atomic E-state index is -0.322. The van der Waals surface area contributed by atoms with E-state index < -0.39 is 0 Å². The lowest BCUT2D eigenvalue weighted by Gasteiger charge is -2.22. The number of nitrogens with zero attached hydrogens (tertiary/aromatic N) is 1. The van der Waals surface area contributed by atoms with Crippen molar-refractivity contribution in [3.8, 4) is 10.6 Å². The Morgan fingerprint density at radius 3 is 2.88 bits per heavy atom. The van der Waals surface area contributed by atoms with Crippen molar-refractivity contribution < 1.29 is 9.18 Å². The number of carbonyl (C=O) groups is 1. The van der Waals surface area contributed by atoms with Crippen molar-refractivity contribution in [2.24, 2.45) is 5.92 Å². The standard InChI is InChI=1S/C16H18FN3OS.2ClH/c17-13-6-2-1-5-12(13)16-20-10-14(22-16)15(21)19-9-11-4-3-7-18-8-11;;/h1-2,5-6,10-11,18H,3-4,7-9H2,(H,19,21);2*1H. The van der Waals surface area contributed by atoms with Crippen molar-refractivity contribution in [2.45, 2.75) is 12.8 Å². The Balaban J connectivity index is 0.00000144. The van der Waals surface area contributed by atoms with Crippen molar-refractivity contribution in [1.29, 1.82) is 0 Å². The Bertz CT molecular complexity index is 662. The largest absolute Gasteiger partial charge is 0.351 e. The maximum atomic E-state index is 13.7. The summed E-state index contributed by atoms with van der Waals surface area (Å²) in [5.74, 6) is 0.0272. The highest BCUT2D eigenvalue weighted by molar-refractivity contribution is 7.16. The van der Waals surface area contributed by atoms with Crippen molar-refractivity contribution in [3.63, 3.8) is 0 Å². The summed E-state index contributed by atoms with van der Waals surface area (Å²) in [5, 5.41) is 6.80. The third-order valence-corrected chi connectivity index (χ3v) is 4.81. The van der Waals surface area contributed by atoms with Gasteiger partial charge in [-0.05, 0) is 44.0 Å². The molecular weight excluding hydrogens is 372 g/mol. The second-order valence-corrected chi connectivity index (χ2v) is 6.46. The van der Waals surface area contributed by atoms with Crippen LogP contribution in [-0.4, -0.2) is 30.5 Å².